The average molecular weight is 342 g/mol. The Morgan fingerprint density at radius 3 is 2.44 bits per heavy atom. The minimum absolute atomic E-state index is 0.132. The second kappa shape index (κ2) is 9.69. The summed E-state index contributed by atoms with van der Waals surface area (Å²) in [7, 11) is 0. The molecule has 134 valence electrons. The highest BCUT2D eigenvalue weighted by molar-refractivity contribution is 5.74. The summed E-state index contributed by atoms with van der Waals surface area (Å²) < 4.78 is 0. The smallest absolute Gasteiger partial charge is 0.314 e. The largest absolute Gasteiger partial charge is 0.508 e. The number of aryl methyl sites for hydroxylation is 1. The molecule has 0 saturated heterocycles. The van der Waals surface area contributed by atoms with Crippen LogP contribution in [0.15, 0.2) is 54.6 Å². The first kappa shape index (κ1) is 18.8. The Balaban J connectivity index is 1.63. The van der Waals surface area contributed by atoms with Crippen molar-refractivity contribution >= 4 is 6.03 Å². The number of aromatic hydroxyl groups is 1. The van der Waals surface area contributed by atoms with E-state index < -0.39 is 6.10 Å². The van der Waals surface area contributed by atoms with E-state index >= 15 is 0 Å². The molecule has 0 radical (unpaired) electrons. The van der Waals surface area contributed by atoms with E-state index in [0.29, 0.717) is 13.0 Å². The molecule has 0 aliphatic heterocycles. The lowest BCUT2D eigenvalue weighted by molar-refractivity contribution is 0.154. The number of hydrogen-bond donors (Lipinski definition) is 4. The number of benzene rings is 2. The summed E-state index contributed by atoms with van der Waals surface area (Å²) in [4.78, 5) is 11.9. The number of carbonyl (C=O) groups is 1. The van der Waals surface area contributed by atoms with Gasteiger partial charge in [0.2, 0.25) is 0 Å². The van der Waals surface area contributed by atoms with Crippen molar-refractivity contribution in [2.45, 2.75) is 38.3 Å². The predicted molar refractivity (Wildman–Crippen MR) is 98.4 cm³/mol. The van der Waals surface area contributed by atoms with Crippen LogP contribution in [0.3, 0.4) is 0 Å². The molecule has 5 heteroatoms. The molecule has 0 aliphatic rings. The van der Waals surface area contributed by atoms with Crippen LogP contribution in [0.2, 0.25) is 0 Å². The van der Waals surface area contributed by atoms with Crippen LogP contribution in [-0.4, -0.2) is 28.8 Å². The molecule has 2 aromatic rings. The zero-order valence-corrected chi connectivity index (χ0v) is 14.5. The van der Waals surface area contributed by atoms with Crippen molar-refractivity contribution in [3.63, 3.8) is 0 Å². The van der Waals surface area contributed by atoms with E-state index in [1.54, 1.807) is 12.1 Å². The molecule has 0 bridgehead atoms. The van der Waals surface area contributed by atoms with Gasteiger partial charge in [0.05, 0.1) is 6.10 Å². The van der Waals surface area contributed by atoms with Crippen LogP contribution < -0.4 is 10.6 Å². The molecule has 4 N–H and O–H groups in total. The first-order valence-electron chi connectivity index (χ1n) is 8.60. The highest BCUT2D eigenvalue weighted by Crippen LogP contribution is 2.17. The zero-order chi connectivity index (χ0) is 18.1. The van der Waals surface area contributed by atoms with E-state index in [4.69, 9.17) is 0 Å². The number of phenols is 1. The zero-order valence-electron chi connectivity index (χ0n) is 14.5. The van der Waals surface area contributed by atoms with Gasteiger partial charge in [-0.1, -0.05) is 42.5 Å². The summed E-state index contributed by atoms with van der Waals surface area (Å²) in [5.41, 5.74) is 1.98. The van der Waals surface area contributed by atoms with E-state index in [1.165, 1.54) is 0 Å². The maximum atomic E-state index is 11.9. The molecule has 0 fully saturated rings. The van der Waals surface area contributed by atoms with Crippen molar-refractivity contribution in [3.8, 4) is 5.75 Å². The van der Waals surface area contributed by atoms with Gasteiger partial charge in [0, 0.05) is 12.6 Å². The Labute approximate surface area is 148 Å². The third-order valence-corrected chi connectivity index (χ3v) is 4.00. The fourth-order valence-corrected chi connectivity index (χ4v) is 2.64. The number of urea groups is 1. The molecule has 0 aliphatic carbocycles. The molecule has 5 nitrogen and oxygen atoms in total. The van der Waals surface area contributed by atoms with Gasteiger partial charge in [-0.15, -0.1) is 0 Å². The molecular formula is C20H26N2O3. The van der Waals surface area contributed by atoms with E-state index in [1.807, 2.05) is 49.4 Å². The number of hydrogen-bond acceptors (Lipinski definition) is 3. The van der Waals surface area contributed by atoms with Crippen LogP contribution in [0.25, 0.3) is 0 Å². The second-order valence-corrected chi connectivity index (χ2v) is 6.23. The van der Waals surface area contributed by atoms with Crippen molar-refractivity contribution in [3.05, 3.63) is 65.7 Å². The van der Waals surface area contributed by atoms with Crippen LogP contribution in [0.1, 0.15) is 37.0 Å². The van der Waals surface area contributed by atoms with Gasteiger partial charge in [-0.05, 0) is 49.4 Å². The number of phenolic OH excluding ortho intramolecular Hbond substituents is 1. The number of amides is 2. The summed E-state index contributed by atoms with van der Waals surface area (Å²) in [6.45, 7) is 2.45. The summed E-state index contributed by atoms with van der Waals surface area (Å²) in [5, 5.41) is 25.1. The molecular weight excluding hydrogens is 316 g/mol. The molecule has 0 aromatic heterocycles. The number of aliphatic hydroxyl groups is 1. The molecule has 0 heterocycles. The van der Waals surface area contributed by atoms with Crippen molar-refractivity contribution < 1.29 is 15.0 Å². The fourth-order valence-electron chi connectivity index (χ4n) is 2.64. The third-order valence-electron chi connectivity index (χ3n) is 4.00. The Morgan fingerprint density at radius 2 is 1.76 bits per heavy atom. The Hall–Kier alpha value is -2.53. The molecule has 2 atom stereocenters. The number of carbonyl (C=O) groups excluding carboxylic acids is 1. The maximum Gasteiger partial charge on any atom is 0.314 e. The molecule has 2 aromatic carbocycles. The second-order valence-electron chi connectivity index (χ2n) is 6.23. The van der Waals surface area contributed by atoms with Crippen LogP contribution in [0.5, 0.6) is 5.75 Å². The van der Waals surface area contributed by atoms with Crippen molar-refractivity contribution in [1.29, 1.82) is 0 Å². The molecule has 2 rings (SSSR count). The van der Waals surface area contributed by atoms with Gasteiger partial charge in [0.15, 0.2) is 0 Å². The highest BCUT2D eigenvalue weighted by Gasteiger charge is 2.13. The summed E-state index contributed by atoms with van der Waals surface area (Å²) in [6, 6.07) is 16.2. The van der Waals surface area contributed by atoms with Crippen LogP contribution in [-0.2, 0) is 6.42 Å². The molecule has 0 saturated carbocycles. The lowest BCUT2D eigenvalue weighted by Crippen LogP contribution is -2.41. The van der Waals surface area contributed by atoms with Gasteiger partial charge in [0.1, 0.15) is 5.75 Å². The van der Waals surface area contributed by atoms with Gasteiger partial charge < -0.3 is 20.8 Å². The van der Waals surface area contributed by atoms with Crippen molar-refractivity contribution in [1.82, 2.24) is 10.6 Å². The lowest BCUT2D eigenvalue weighted by atomic mass is 10.0. The number of nitrogens with one attached hydrogen (secondary N) is 2. The molecule has 0 spiro atoms. The molecule has 2 unspecified atom stereocenters. The minimum atomic E-state index is -0.592. The summed E-state index contributed by atoms with van der Waals surface area (Å²) in [6.07, 6.45) is 1.53. The molecule has 2 amide bonds. The maximum absolute atomic E-state index is 11.9. The van der Waals surface area contributed by atoms with E-state index in [9.17, 15) is 15.0 Å². The highest BCUT2D eigenvalue weighted by atomic mass is 16.3. The number of rotatable bonds is 8. The molecule has 25 heavy (non-hydrogen) atoms. The van der Waals surface area contributed by atoms with Crippen LogP contribution in [0, 0.1) is 0 Å². The topological polar surface area (TPSA) is 81.6 Å². The van der Waals surface area contributed by atoms with Crippen molar-refractivity contribution in [2.75, 3.05) is 6.54 Å². The Morgan fingerprint density at radius 1 is 1.08 bits per heavy atom. The van der Waals surface area contributed by atoms with E-state index in [-0.39, 0.29) is 17.8 Å². The fraction of sp³-hybridized carbons (Fsp3) is 0.350. The number of aliphatic hydroxyl groups excluding tert-OH is 1. The Bertz CT molecular complexity index is 644. The minimum Gasteiger partial charge on any atom is -0.508 e. The Kier molecular flexibility index (Phi) is 7.29. The quantitative estimate of drug-likeness (QED) is 0.556. The normalized spacial score (nSPS) is 13.0. The SMILES string of the molecule is CC(CC(O)c1ccccc1)NC(=O)NCCCc1ccc(O)cc1. The van der Waals surface area contributed by atoms with E-state index in [0.717, 1.165) is 24.0 Å². The third kappa shape index (κ3) is 6.85. The lowest BCUT2D eigenvalue weighted by Gasteiger charge is -2.18. The van der Waals surface area contributed by atoms with Gasteiger partial charge in [0.25, 0.3) is 0 Å². The van der Waals surface area contributed by atoms with Gasteiger partial charge in [-0.3, -0.25) is 0 Å². The van der Waals surface area contributed by atoms with Gasteiger partial charge >= 0.3 is 6.03 Å². The first-order chi connectivity index (χ1) is 12.0. The van der Waals surface area contributed by atoms with Crippen molar-refractivity contribution in [2.24, 2.45) is 0 Å². The van der Waals surface area contributed by atoms with Crippen LogP contribution in [0.4, 0.5) is 4.79 Å². The van der Waals surface area contributed by atoms with Gasteiger partial charge in [-0.25, -0.2) is 4.79 Å². The monoisotopic (exact) mass is 342 g/mol. The standard InChI is InChI=1S/C20H26N2O3/c1-15(14-19(24)17-7-3-2-4-8-17)22-20(25)21-13-5-6-16-9-11-18(23)12-10-16/h2-4,7-12,15,19,23-24H,5-6,13-14H2,1H3,(H2,21,22,25). The summed E-state index contributed by atoms with van der Waals surface area (Å²) in [5.74, 6) is 0.257. The first-order valence-corrected chi connectivity index (χ1v) is 8.60. The summed E-state index contributed by atoms with van der Waals surface area (Å²) >= 11 is 0. The predicted octanol–water partition coefficient (Wildman–Crippen LogP) is 3.14. The average Bonchev–Trinajstić information content (AvgIpc) is 2.61. The van der Waals surface area contributed by atoms with Crippen LogP contribution >= 0.6 is 0 Å². The van der Waals surface area contributed by atoms with Gasteiger partial charge in [-0.2, -0.15) is 0 Å². The van der Waals surface area contributed by atoms with E-state index in [2.05, 4.69) is 10.6 Å².